The second kappa shape index (κ2) is 4.91. The summed E-state index contributed by atoms with van der Waals surface area (Å²) in [6.07, 6.45) is -2.02. The lowest BCUT2D eigenvalue weighted by Gasteiger charge is -2.09. The zero-order valence-corrected chi connectivity index (χ0v) is 9.13. The van der Waals surface area contributed by atoms with Gasteiger partial charge in [0.15, 0.2) is 6.61 Å². The van der Waals surface area contributed by atoms with E-state index < -0.39 is 12.8 Å². The third-order valence-corrected chi connectivity index (χ3v) is 2.31. The minimum absolute atomic E-state index is 0.0115. The quantitative estimate of drug-likeness (QED) is 0.865. The Bertz CT molecular complexity index is 377. The fourth-order valence-electron chi connectivity index (χ4n) is 1.33. The lowest BCUT2D eigenvalue weighted by Crippen LogP contribution is -2.20. The van der Waals surface area contributed by atoms with Crippen LogP contribution in [-0.4, -0.2) is 23.8 Å². The average Bonchev–Trinajstić information content (AvgIpc) is 3.07. The summed E-state index contributed by atoms with van der Waals surface area (Å²) in [4.78, 5) is 3.99. The SMILES string of the molecule is FC(F)(F)COc1cccc(CNC2CC2)n1. The highest BCUT2D eigenvalue weighted by atomic mass is 19.4. The van der Waals surface area contributed by atoms with Gasteiger partial charge in [0.05, 0.1) is 5.69 Å². The van der Waals surface area contributed by atoms with Crippen LogP contribution in [0.15, 0.2) is 18.2 Å². The standard InChI is InChI=1S/C11H13F3N2O/c12-11(13,14)7-17-10-3-1-2-9(16-10)6-15-8-4-5-8/h1-3,8,15H,4-7H2. The molecule has 0 atom stereocenters. The summed E-state index contributed by atoms with van der Waals surface area (Å²) in [7, 11) is 0. The normalized spacial score (nSPS) is 15.9. The summed E-state index contributed by atoms with van der Waals surface area (Å²) in [6, 6.07) is 5.36. The average molecular weight is 246 g/mol. The van der Waals surface area contributed by atoms with Gasteiger partial charge < -0.3 is 10.1 Å². The monoisotopic (exact) mass is 246 g/mol. The van der Waals surface area contributed by atoms with E-state index in [1.807, 2.05) is 0 Å². The van der Waals surface area contributed by atoms with E-state index in [9.17, 15) is 13.2 Å². The number of ether oxygens (including phenoxy) is 1. The Balaban J connectivity index is 1.86. The van der Waals surface area contributed by atoms with Crippen molar-refractivity contribution in [1.29, 1.82) is 0 Å². The fourth-order valence-corrected chi connectivity index (χ4v) is 1.33. The van der Waals surface area contributed by atoms with Crippen LogP contribution in [-0.2, 0) is 6.54 Å². The molecule has 1 aromatic heterocycles. The number of rotatable bonds is 5. The van der Waals surface area contributed by atoms with E-state index in [4.69, 9.17) is 0 Å². The number of aromatic nitrogens is 1. The van der Waals surface area contributed by atoms with E-state index in [1.54, 1.807) is 12.1 Å². The minimum Gasteiger partial charge on any atom is -0.468 e. The van der Waals surface area contributed by atoms with E-state index in [0.717, 1.165) is 12.8 Å². The van der Waals surface area contributed by atoms with E-state index in [2.05, 4.69) is 15.0 Å². The molecule has 0 amide bonds. The van der Waals surface area contributed by atoms with Crippen molar-refractivity contribution in [2.24, 2.45) is 0 Å². The maximum Gasteiger partial charge on any atom is 0.422 e. The molecule has 0 bridgehead atoms. The predicted molar refractivity (Wildman–Crippen MR) is 55.6 cm³/mol. The first-order valence-corrected chi connectivity index (χ1v) is 5.42. The van der Waals surface area contributed by atoms with Crippen LogP contribution in [0.4, 0.5) is 13.2 Å². The number of hydrogen-bond acceptors (Lipinski definition) is 3. The van der Waals surface area contributed by atoms with Gasteiger partial charge in [-0.25, -0.2) is 4.98 Å². The van der Waals surface area contributed by atoms with Gasteiger partial charge in [0, 0.05) is 18.7 Å². The number of pyridine rings is 1. The number of hydrogen-bond donors (Lipinski definition) is 1. The van der Waals surface area contributed by atoms with Gasteiger partial charge in [-0.1, -0.05) is 6.07 Å². The van der Waals surface area contributed by atoms with Crippen LogP contribution in [0.25, 0.3) is 0 Å². The van der Waals surface area contributed by atoms with Crippen molar-refractivity contribution in [3.05, 3.63) is 23.9 Å². The molecule has 1 saturated carbocycles. The van der Waals surface area contributed by atoms with Crippen molar-refractivity contribution >= 4 is 0 Å². The van der Waals surface area contributed by atoms with Crippen LogP contribution in [0.5, 0.6) is 5.88 Å². The molecule has 94 valence electrons. The third kappa shape index (κ3) is 4.60. The molecule has 0 aliphatic heterocycles. The third-order valence-electron chi connectivity index (χ3n) is 2.31. The Kier molecular flexibility index (Phi) is 3.51. The summed E-state index contributed by atoms with van der Waals surface area (Å²) < 4.78 is 40.4. The molecule has 1 aliphatic carbocycles. The van der Waals surface area contributed by atoms with E-state index >= 15 is 0 Å². The van der Waals surface area contributed by atoms with E-state index in [0.29, 0.717) is 18.3 Å². The van der Waals surface area contributed by atoms with E-state index in [-0.39, 0.29) is 5.88 Å². The Morgan fingerprint density at radius 3 is 2.76 bits per heavy atom. The zero-order valence-electron chi connectivity index (χ0n) is 9.13. The number of alkyl halides is 3. The summed E-state index contributed by atoms with van der Waals surface area (Å²) >= 11 is 0. The smallest absolute Gasteiger partial charge is 0.422 e. The predicted octanol–water partition coefficient (Wildman–Crippen LogP) is 2.27. The number of halogens is 3. The molecule has 0 unspecified atom stereocenters. The molecule has 0 aromatic carbocycles. The largest absolute Gasteiger partial charge is 0.468 e. The van der Waals surface area contributed by atoms with Crippen LogP contribution in [0, 0.1) is 0 Å². The first kappa shape index (κ1) is 12.2. The maximum absolute atomic E-state index is 11.9. The van der Waals surface area contributed by atoms with Crippen molar-refractivity contribution < 1.29 is 17.9 Å². The summed E-state index contributed by atoms with van der Waals surface area (Å²) in [6.45, 7) is -0.743. The Morgan fingerprint density at radius 2 is 2.12 bits per heavy atom. The van der Waals surface area contributed by atoms with E-state index in [1.165, 1.54) is 6.07 Å². The highest BCUT2D eigenvalue weighted by molar-refractivity contribution is 5.16. The molecule has 0 radical (unpaired) electrons. The topological polar surface area (TPSA) is 34.1 Å². The van der Waals surface area contributed by atoms with Crippen molar-refractivity contribution in [3.63, 3.8) is 0 Å². The molecule has 0 saturated heterocycles. The highest BCUT2D eigenvalue weighted by Crippen LogP contribution is 2.20. The first-order chi connectivity index (χ1) is 8.03. The maximum atomic E-state index is 11.9. The van der Waals surface area contributed by atoms with Gasteiger partial charge >= 0.3 is 6.18 Å². The van der Waals surface area contributed by atoms with Crippen LogP contribution < -0.4 is 10.1 Å². The molecule has 2 rings (SSSR count). The van der Waals surface area contributed by atoms with Crippen molar-refractivity contribution in [2.75, 3.05) is 6.61 Å². The summed E-state index contributed by atoms with van der Waals surface area (Å²) in [5, 5.41) is 3.23. The lowest BCUT2D eigenvalue weighted by atomic mass is 10.3. The Morgan fingerprint density at radius 1 is 1.35 bits per heavy atom. The molecule has 17 heavy (non-hydrogen) atoms. The van der Waals surface area contributed by atoms with Gasteiger partial charge in [-0.2, -0.15) is 13.2 Å². The van der Waals surface area contributed by atoms with Gasteiger partial charge in [0.1, 0.15) is 0 Å². The molecule has 6 heteroatoms. The van der Waals surface area contributed by atoms with Crippen LogP contribution in [0.3, 0.4) is 0 Å². The van der Waals surface area contributed by atoms with Crippen molar-refractivity contribution in [2.45, 2.75) is 31.6 Å². The van der Waals surface area contributed by atoms with Gasteiger partial charge in [0.25, 0.3) is 0 Å². The van der Waals surface area contributed by atoms with Gasteiger partial charge in [0.2, 0.25) is 5.88 Å². The second-order valence-electron chi connectivity index (χ2n) is 4.03. The van der Waals surface area contributed by atoms with Crippen LogP contribution >= 0.6 is 0 Å². The minimum atomic E-state index is -4.33. The summed E-state index contributed by atoms with van der Waals surface area (Å²) in [5.41, 5.74) is 0.691. The zero-order chi connectivity index (χ0) is 12.3. The van der Waals surface area contributed by atoms with Gasteiger partial charge in [-0.3, -0.25) is 0 Å². The van der Waals surface area contributed by atoms with Gasteiger partial charge in [-0.05, 0) is 18.9 Å². The second-order valence-corrected chi connectivity index (χ2v) is 4.03. The molecule has 3 nitrogen and oxygen atoms in total. The summed E-state index contributed by atoms with van der Waals surface area (Å²) in [5.74, 6) is 0.0115. The molecule has 1 N–H and O–H groups in total. The molecule has 1 aromatic rings. The first-order valence-electron chi connectivity index (χ1n) is 5.42. The molecular weight excluding hydrogens is 233 g/mol. The molecule has 0 spiro atoms. The van der Waals surface area contributed by atoms with Crippen molar-refractivity contribution in [1.82, 2.24) is 10.3 Å². The molecule has 1 heterocycles. The molecule has 1 fully saturated rings. The fraction of sp³-hybridized carbons (Fsp3) is 0.545. The molecular formula is C11H13F3N2O. The number of nitrogens with zero attached hydrogens (tertiary/aromatic N) is 1. The highest BCUT2D eigenvalue weighted by Gasteiger charge is 2.28. The Hall–Kier alpha value is -1.30. The molecule has 1 aliphatic rings. The van der Waals surface area contributed by atoms with Gasteiger partial charge in [-0.15, -0.1) is 0 Å². The Labute approximate surface area is 97.0 Å². The number of nitrogens with one attached hydrogen (secondary N) is 1. The lowest BCUT2D eigenvalue weighted by molar-refractivity contribution is -0.154. The van der Waals surface area contributed by atoms with Crippen molar-refractivity contribution in [3.8, 4) is 5.88 Å². The van der Waals surface area contributed by atoms with Crippen LogP contribution in [0.2, 0.25) is 0 Å². The van der Waals surface area contributed by atoms with Crippen LogP contribution in [0.1, 0.15) is 18.5 Å².